The first-order valence-corrected chi connectivity index (χ1v) is 6.65. The van der Waals surface area contributed by atoms with Crippen molar-refractivity contribution in [3.8, 4) is 0 Å². The van der Waals surface area contributed by atoms with Crippen LogP contribution >= 0.6 is 0 Å². The van der Waals surface area contributed by atoms with Crippen molar-refractivity contribution >= 4 is 5.97 Å². The Bertz CT molecular complexity index is 367. The van der Waals surface area contributed by atoms with Crippen LogP contribution in [0.1, 0.15) is 25.3 Å². The number of hydrogen-bond acceptors (Lipinski definition) is 3. The number of aliphatic carboxylic acids is 1. The lowest BCUT2D eigenvalue weighted by atomic mass is 9.94. The summed E-state index contributed by atoms with van der Waals surface area (Å²) >= 11 is 0. The molecule has 2 atom stereocenters. The molecular weight excluding hydrogens is 242 g/mol. The van der Waals surface area contributed by atoms with Crippen molar-refractivity contribution in [1.82, 2.24) is 0 Å². The number of carboxylic acids is 1. The van der Waals surface area contributed by atoms with Crippen LogP contribution in [0, 0.1) is 11.8 Å². The Morgan fingerprint density at radius 1 is 1.37 bits per heavy atom. The molecule has 0 unspecified atom stereocenters. The summed E-state index contributed by atoms with van der Waals surface area (Å²) in [5.74, 6) is -0.433. The molecule has 0 aliphatic heterocycles. The fourth-order valence-corrected chi connectivity index (χ4v) is 2.10. The molecule has 1 rings (SSSR count). The molecule has 0 radical (unpaired) electrons. The summed E-state index contributed by atoms with van der Waals surface area (Å²) in [6.45, 7) is 3.70. The van der Waals surface area contributed by atoms with Crippen molar-refractivity contribution in [2.45, 2.75) is 26.4 Å². The van der Waals surface area contributed by atoms with E-state index in [1.54, 1.807) is 0 Å². The van der Waals surface area contributed by atoms with E-state index in [2.05, 4.69) is 6.92 Å². The van der Waals surface area contributed by atoms with Crippen LogP contribution in [-0.2, 0) is 16.1 Å². The Morgan fingerprint density at radius 2 is 2.05 bits per heavy atom. The van der Waals surface area contributed by atoms with E-state index in [9.17, 15) is 4.79 Å². The maximum absolute atomic E-state index is 10.7. The lowest BCUT2D eigenvalue weighted by molar-refractivity contribution is -0.138. The molecule has 0 aromatic heterocycles. The van der Waals surface area contributed by atoms with Gasteiger partial charge in [-0.05, 0) is 30.4 Å². The highest BCUT2D eigenvalue weighted by Crippen LogP contribution is 2.15. The lowest BCUT2D eigenvalue weighted by Crippen LogP contribution is -2.22. The minimum absolute atomic E-state index is 0.0350. The summed E-state index contributed by atoms with van der Waals surface area (Å²) < 4.78 is 5.64. The quantitative estimate of drug-likeness (QED) is 0.718. The number of carboxylic acid groups (broad SMARTS) is 1. The van der Waals surface area contributed by atoms with Crippen LogP contribution in [0.3, 0.4) is 0 Å². The molecule has 3 N–H and O–H groups in total. The van der Waals surface area contributed by atoms with E-state index >= 15 is 0 Å². The molecule has 19 heavy (non-hydrogen) atoms. The smallest absolute Gasteiger partial charge is 0.303 e. The monoisotopic (exact) mass is 265 g/mol. The van der Waals surface area contributed by atoms with E-state index in [4.69, 9.17) is 15.6 Å². The molecule has 1 aromatic rings. The summed E-state index contributed by atoms with van der Waals surface area (Å²) in [5, 5.41) is 8.77. The Morgan fingerprint density at radius 3 is 2.63 bits per heavy atom. The average Bonchev–Trinajstić information content (AvgIpc) is 2.38. The first kappa shape index (κ1) is 15.7. The second-order valence-electron chi connectivity index (χ2n) is 5.04. The highest BCUT2D eigenvalue weighted by Gasteiger charge is 2.15. The number of rotatable bonds is 9. The van der Waals surface area contributed by atoms with Crippen LogP contribution in [0.25, 0.3) is 0 Å². The molecule has 0 aliphatic carbocycles. The topological polar surface area (TPSA) is 72.5 Å². The van der Waals surface area contributed by atoms with Crippen LogP contribution < -0.4 is 5.73 Å². The van der Waals surface area contributed by atoms with Gasteiger partial charge in [0.05, 0.1) is 6.61 Å². The van der Waals surface area contributed by atoms with Crippen LogP contribution in [-0.4, -0.2) is 24.2 Å². The van der Waals surface area contributed by atoms with Gasteiger partial charge in [-0.1, -0.05) is 37.3 Å². The number of hydrogen-bond donors (Lipinski definition) is 2. The SMILES string of the molecule is C[C@H](COCc1ccccc1)C[C@H](CN)CC(=O)O. The Kier molecular flexibility index (Phi) is 7.15. The van der Waals surface area contributed by atoms with Gasteiger partial charge in [0.25, 0.3) is 0 Å². The zero-order chi connectivity index (χ0) is 14.1. The molecule has 0 heterocycles. The summed E-state index contributed by atoms with van der Waals surface area (Å²) in [7, 11) is 0. The van der Waals surface area contributed by atoms with E-state index in [1.807, 2.05) is 30.3 Å². The molecule has 0 fully saturated rings. The summed E-state index contributed by atoms with van der Waals surface area (Å²) in [6.07, 6.45) is 0.928. The van der Waals surface area contributed by atoms with Gasteiger partial charge in [-0.15, -0.1) is 0 Å². The minimum Gasteiger partial charge on any atom is -0.481 e. The highest BCUT2D eigenvalue weighted by atomic mass is 16.5. The molecule has 0 saturated carbocycles. The molecule has 0 bridgehead atoms. The number of benzene rings is 1. The predicted molar refractivity (Wildman–Crippen MR) is 74.7 cm³/mol. The van der Waals surface area contributed by atoms with Crippen LogP contribution in [0.15, 0.2) is 30.3 Å². The number of carbonyl (C=O) groups is 1. The second kappa shape index (κ2) is 8.67. The van der Waals surface area contributed by atoms with Gasteiger partial charge in [0.15, 0.2) is 0 Å². The van der Waals surface area contributed by atoms with Gasteiger partial charge in [-0.3, -0.25) is 4.79 Å². The van der Waals surface area contributed by atoms with Gasteiger partial charge in [0.2, 0.25) is 0 Å². The van der Waals surface area contributed by atoms with Gasteiger partial charge in [0.1, 0.15) is 0 Å². The van der Waals surface area contributed by atoms with Crippen LogP contribution in [0.5, 0.6) is 0 Å². The van der Waals surface area contributed by atoms with Gasteiger partial charge >= 0.3 is 5.97 Å². The fraction of sp³-hybridized carbons (Fsp3) is 0.533. The molecule has 4 nitrogen and oxygen atoms in total. The van der Waals surface area contributed by atoms with E-state index in [1.165, 1.54) is 0 Å². The summed E-state index contributed by atoms with van der Waals surface area (Å²) in [6, 6.07) is 10.00. The molecule has 1 aromatic carbocycles. The zero-order valence-electron chi connectivity index (χ0n) is 11.4. The number of ether oxygens (including phenoxy) is 1. The zero-order valence-corrected chi connectivity index (χ0v) is 11.4. The molecule has 0 amide bonds. The maximum Gasteiger partial charge on any atom is 0.303 e. The van der Waals surface area contributed by atoms with Crippen molar-refractivity contribution < 1.29 is 14.6 Å². The molecular formula is C15H23NO3. The molecule has 106 valence electrons. The van der Waals surface area contributed by atoms with Crippen molar-refractivity contribution in [3.63, 3.8) is 0 Å². The van der Waals surface area contributed by atoms with E-state index in [-0.39, 0.29) is 12.3 Å². The van der Waals surface area contributed by atoms with E-state index < -0.39 is 5.97 Å². The van der Waals surface area contributed by atoms with Crippen LogP contribution in [0.2, 0.25) is 0 Å². The van der Waals surface area contributed by atoms with Gasteiger partial charge in [0, 0.05) is 13.0 Å². The second-order valence-corrected chi connectivity index (χ2v) is 5.04. The molecule has 0 spiro atoms. The normalized spacial score (nSPS) is 14.0. The summed E-state index contributed by atoms with van der Waals surface area (Å²) in [4.78, 5) is 10.7. The van der Waals surface area contributed by atoms with Crippen molar-refractivity contribution in [3.05, 3.63) is 35.9 Å². The van der Waals surface area contributed by atoms with Crippen molar-refractivity contribution in [1.29, 1.82) is 0 Å². The third-order valence-electron chi connectivity index (χ3n) is 3.05. The average molecular weight is 265 g/mol. The van der Waals surface area contributed by atoms with Crippen molar-refractivity contribution in [2.75, 3.05) is 13.2 Å². The Hall–Kier alpha value is -1.39. The maximum atomic E-state index is 10.7. The molecule has 0 aliphatic rings. The molecule has 0 saturated heterocycles. The fourth-order valence-electron chi connectivity index (χ4n) is 2.10. The lowest BCUT2D eigenvalue weighted by Gasteiger charge is -2.18. The largest absolute Gasteiger partial charge is 0.481 e. The third-order valence-corrected chi connectivity index (χ3v) is 3.05. The van der Waals surface area contributed by atoms with E-state index in [0.717, 1.165) is 12.0 Å². The van der Waals surface area contributed by atoms with E-state index in [0.29, 0.717) is 25.7 Å². The Balaban J connectivity index is 2.23. The first-order valence-electron chi connectivity index (χ1n) is 6.65. The predicted octanol–water partition coefficient (Wildman–Crippen LogP) is 2.28. The number of nitrogens with two attached hydrogens (primary N) is 1. The molecule has 4 heteroatoms. The summed E-state index contributed by atoms with van der Waals surface area (Å²) in [5.41, 5.74) is 6.73. The minimum atomic E-state index is -0.784. The van der Waals surface area contributed by atoms with Gasteiger partial charge < -0.3 is 15.6 Å². The van der Waals surface area contributed by atoms with Crippen molar-refractivity contribution in [2.24, 2.45) is 17.6 Å². The first-order chi connectivity index (χ1) is 9.11. The third kappa shape index (κ3) is 6.94. The van der Waals surface area contributed by atoms with Gasteiger partial charge in [-0.25, -0.2) is 0 Å². The standard InChI is InChI=1S/C15H23NO3/c1-12(7-14(9-16)8-15(17)18)10-19-11-13-5-3-2-4-6-13/h2-6,12,14H,7-11,16H2,1H3,(H,17,18)/t12-,14-/m0/s1. The Labute approximate surface area is 114 Å². The highest BCUT2D eigenvalue weighted by molar-refractivity contribution is 5.67. The van der Waals surface area contributed by atoms with Crippen LogP contribution in [0.4, 0.5) is 0 Å². The van der Waals surface area contributed by atoms with Gasteiger partial charge in [-0.2, -0.15) is 0 Å².